The molecule has 20 heavy (non-hydrogen) atoms. The molecule has 0 aliphatic heterocycles. The Morgan fingerprint density at radius 2 is 2.15 bits per heavy atom. The van der Waals surface area contributed by atoms with Crippen molar-refractivity contribution in [1.29, 1.82) is 0 Å². The fourth-order valence-electron chi connectivity index (χ4n) is 1.51. The van der Waals surface area contributed by atoms with E-state index in [9.17, 15) is 18.0 Å². The summed E-state index contributed by atoms with van der Waals surface area (Å²) in [5.41, 5.74) is -0.944. The zero-order valence-corrected chi connectivity index (χ0v) is 11.8. The van der Waals surface area contributed by atoms with Gasteiger partial charge in [-0.1, -0.05) is 11.6 Å². The Hall–Kier alpha value is -1.28. The molecule has 1 N–H and O–H groups in total. The summed E-state index contributed by atoms with van der Waals surface area (Å²) in [6, 6.07) is 0. The van der Waals surface area contributed by atoms with Crippen molar-refractivity contribution in [2.75, 3.05) is 20.3 Å². The minimum absolute atomic E-state index is 0.0138. The van der Waals surface area contributed by atoms with Crippen molar-refractivity contribution >= 4 is 17.5 Å². The van der Waals surface area contributed by atoms with E-state index in [1.165, 1.54) is 14.0 Å². The van der Waals surface area contributed by atoms with Gasteiger partial charge in [0.25, 0.3) is 0 Å². The molecule has 0 unspecified atom stereocenters. The van der Waals surface area contributed by atoms with Crippen LogP contribution in [0.4, 0.5) is 13.2 Å². The van der Waals surface area contributed by atoms with Crippen molar-refractivity contribution < 1.29 is 22.7 Å². The summed E-state index contributed by atoms with van der Waals surface area (Å²) in [7, 11) is 1.50. The molecule has 1 amide bonds. The Morgan fingerprint density at radius 3 is 2.65 bits per heavy atom. The monoisotopic (exact) mass is 313 g/mol. The van der Waals surface area contributed by atoms with E-state index >= 15 is 0 Å². The summed E-state index contributed by atoms with van der Waals surface area (Å²) in [6.07, 6.45) is -4.59. The van der Waals surface area contributed by atoms with E-state index in [1.807, 2.05) is 0 Å². The highest BCUT2D eigenvalue weighted by molar-refractivity contribution is 6.31. The van der Waals surface area contributed by atoms with E-state index in [4.69, 9.17) is 16.3 Å². The number of amides is 1. The Balaban J connectivity index is 2.63. The Labute approximate surface area is 119 Å². The Kier molecular flexibility index (Phi) is 5.82. The second-order valence-corrected chi connectivity index (χ2v) is 4.44. The molecule has 9 heteroatoms. The molecular formula is C11H15ClF3N3O2. The average molecular weight is 314 g/mol. The van der Waals surface area contributed by atoms with Gasteiger partial charge in [0.1, 0.15) is 0 Å². The number of rotatable bonds is 6. The number of aromatic nitrogens is 2. The predicted molar refractivity (Wildman–Crippen MR) is 66.5 cm³/mol. The van der Waals surface area contributed by atoms with Gasteiger partial charge in [-0.2, -0.15) is 18.3 Å². The van der Waals surface area contributed by atoms with Gasteiger partial charge in [-0.25, -0.2) is 0 Å². The van der Waals surface area contributed by atoms with Crippen molar-refractivity contribution in [3.8, 4) is 0 Å². The van der Waals surface area contributed by atoms with Crippen LogP contribution in [-0.2, 0) is 22.3 Å². The molecule has 1 aromatic heterocycles. The average Bonchev–Trinajstić information content (AvgIpc) is 2.64. The maximum atomic E-state index is 12.6. The van der Waals surface area contributed by atoms with Crippen LogP contribution in [0.15, 0.2) is 0 Å². The SMILES string of the molecule is COCCNC(=O)CCn1nc(C(F)(F)F)c(Cl)c1C. The first-order valence-corrected chi connectivity index (χ1v) is 6.21. The molecule has 0 aromatic carbocycles. The number of hydrogen-bond donors (Lipinski definition) is 1. The maximum Gasteiger partial charge on any atom is 0.436 e. The second-order valence-electron chi connectivity index (χ2n) is 4.06. The molecule has 0 atom stereocenters. The van der Waals surface area contributed by atoms with Crippen LogP contribution in [0.1, 0.15) is 17.8 Å². The minimum Gasteiger partial charge on any atom is -0.383 e. The molecule has 114 valence electrons. The van der Waals surface area contributed by atoms with Gasteiger partial charge in [0.2, 0.25) is 5.91 Å². The third kappa shape index (κ3) is 4.38. The maximum absolute atomic E-state index is 12.6. The molecule has 0 radical (unpaired) electrons. The minimum atomic E-state index is -4.60. The van der Waals surface area contributed by atoms with E-state index in [-0.39, 0.29) is 24.6 Å². The molecule has 0 bridgehead atoms. The van der Waals surface area contributed by atoms with E-state index in [2.05, 4.69) is 10.4 Å². The number of methoxy groups -OCH3 is 1. The van der Waals surface area contributed by atoms with Gasteiger partial charge in [-0.05, 0) is 6.92 Å². The molecule has 0 aliphatic rings. The fraction of sp³-hybridized carbons (Fsp3) is 0.636. The Bertz CT molecular complexity index is 474. The molecule has 1 heterocycles. The van der Waals surface area contributed by atoms with Crippen molar-refractivity contribution in [2.45, 2.75) is 26.1 Å². The number of nitrogens with zero attached hydrogens (tertiary/aromatic N) is 2. The van der Waals surface area contributed by atoms with Gasteiger partial charge in [0.15, 0.2) is 5.69 Å². The largest absolute Gasteiger partial charge is 0.436 e. The van der Waals surface area contributed by atoms with Crippen molar-refractivity contribution in [3.63, 3.8) is 0 Å². The third-order valence-electron chi connectivity index (χ3n) is 2.58. The van der Waals surface area contributed by atoms with E-state index in [0.29, 0.717) is 13.2 Å². The second kappa shape index (κ2) is 6.94. The number of halogens is 4. The van der Waals surface area contributed by atoms with Crippen LogP contribution in [-0.4, -0.2) is 35.9 Å². The van der Waals surface area contributed by atoms with Crippen LogP contribution < -0.4 is 5.32 Å². The molecule has 0 aliphatic carbocycles. The lowest BCUT2D eigenvalue weighted by Crippen LogP contribution is -2.28. The van der Waals surface area contributed by atoms with Crippen LogP contribution in [0, 0.1) is 6.92 Å². The lowest BCUT2D eigenvalue weighted by atomic mass is 10.3. The number of ether oxygens (including phenoxy) is 1. The smallest absolute Gasteiger partial charge is 0.383 e. The molecule has 0 saturated heterocycles. The standard InChI is InChI=1S/C11H15ClF3N3O2/c1-7-9(12)10(11(13,14)15)17-18(7)5-3-8(19)16-4-6-20-2/h3-6H2,1-2H3,(H,16,19). The van der Waals surface area contributed by atoms with Gasteiger partial charge in [-0.15, -0.1) is 0 Å². The number of carbonyl (C=O) groups is 1. The fourth-order valence-corrected chi connectivity index (χ4v) is 1.75. The zero-order chi connectivity index (χ0) is 15.3. The van der Waals surface area contributed by atoms with Crippen LogP contribution in [0.25, 0.3) is 0 Å². The van der Waals surface area contributed by atoms with Gasteiger partial charge in [0, 0.05) is 20.1 Å². The third-order valence-corrected chi connectivity index (χ3v) is 3.03. The van der Waals surface area contributed by atoms with Crippen LogP contribution in [0.5, 0.6) is 0 Å². The molecule has 1 aromatic rings. The molecule has 0 fully saturated rings. The lowest BCUT2D eigenvalue weighted by molar-refractivity contribution is -0.141. The lowest BCUT2D eigenvalue weighted by Gasteiger charge is -2.06. The number of alkyl halides is 3. The van der Waals surface area contributed by atoms with Crippen LogP contribution in [0.2, 0.25) is 5.02 Å². The van der Waals surface area contributed by atoms with E-state index in [0.717, 1.165) is 4.68 Å². The highest BCUT2D eigenvalue weighted by atomic mass is 35.5. The number of nitrogens with one attached hydrogen (secondary N) is 1. The van der Waals surface area contributed by atoms with Gasteiger partial charge >= 0.3 is 6.18 Å². The summed E-state index contributed by atoms with van der Waals surface area (Å²) < 4.78 is 43.6. The predicted octanol–water partition coefficient (Wildman–Crippen LogP) is 2.02. The van der Waals surface area contributed by atoms with Crippen LogP contribution in [0.3, 0.4) is 0 Å². The first kappa shape index (κ1) is 16.8. The number of carbonyl (C=O) groups excluding carboxylic acids is 1. The van der Waals surface area contributed by atoms with E-state index < -0.39 is 16.9 Å². The molecule has 5 nitrogen and oxygen atoms in total. The molecule has 0 saturated carbocycles. The molecular weight excluding hydrogens is 299 g/mol. The highest BCUT2D eigenvalue weighted by Crippen LogP contribution is 2.35. The topological polar surface area (TPSA) is 56.1 Å². The summed E-state index contributed by atoms with van der Waals surface area (Å²) >= 11 is 5.60. The Morgan fingerprint density at radius 1 is 1.50 bits per heavy atom. The normalized spacial score (nSPS) is 11.7. The first-order valence-electron chi connectivity index (χ1n) is 5.83. The summed E-state index contributed by atoms with van der Waals surface area (Å²) in [5, 5.41) is 5.54. The summed E-state index contributed by atoms with van der Waals surface area (Å²) in [4.78, 5) is 11.4. The highest BCUT2D eigenvalue weighted by Gasteiger charge is 2.38. The van der Waals surface area contributed by atoms with Gasteiger partial charge in [0.05, 0.1) is 23.9 Å². The number of hydrogen-bond acceptors (Lipinski definition) is 3. The van der Waals surface area contributed by atoms with Crippen LogP contribution >= 0.6 is 11.6 Å². The van der Waals surface area contributed by atoms with Gasteiger partial charge in [-0.3, -0.25) is 9.48 Å². The van der Waals surface area contributed by atoms with Crippen molar-refractivity contribution in [3.05, 3.63) is 16.4 Å². The number of aryl methyl sites for hydroxylation is 1. The van der Waals surface area contributed by atoms with Crippen molar-refractivity contribution in [2.24, 2.45) is 0 Å². The van der Waals surface area contributed by atoms with Gasteiger partial charge < -0.3 is 10.1 Å². The zero-order valence-electron chi connectivity index (χ0n) is 11.1. The quantitative estimate of drug-likeness (QED) is 0.817. The van der Waals surface area contributed by atoms with E-state index in [1.54, 1.807) is 0 Å². The first-order chi connectivity index (χ1) is 9.27. The molecule has 0 spiro atoms. The summed E-state index contributed by atoms with van der Waals surface area (Å²) in [5.74, 6) is -0.290. The summed E-state index contributed by atoms with van der Waals surface area (Å²) in [6.45, 7) is 2.17. The van der Waals surface area contributed by atoms with Crippen molar-refractivity contribution in [1.82, 2.24) is 15.1 Å². The molecule has 1 rings (SSSR count).